The fourth-order valence-electron chi connectivity index (χ4n) is 3.98. The molecule has 3 heteroatoms. The Balaban J connectivity index is 2.50. The van der Waals surface area contributed by atoms with Gasteiger partial charge in [-0.05, 0) is 49.4 Å². The average molecular weight is 335 g/mol. The number of amides is 1. The summed E-state index contributed by atoms with van der Waals surface area (Å²) in [6, 6.07) is 2.90. The van der Waals surface area contributed by atoms with Crippen molar-refractivity contribution in [3.8, 4) is 6.07 Å². The van der Waals surface area contributed by atoms with Gasteiger partial charge >= 0.3 is 0 Å². The van der Waals surface area contributed by atoms with Crippen molar-refractivity contribution in [2.75, 3.05) is 6.54 Å². The Kier molecular flexibility index (Phi) is 8.81. The second-order valence-corrected chi connectivity index (χ2v) is 8.76. The number of rotatable bonds is 10. The Hall–Kier alpha value is -1.04. The molecular formula is C21H38N2O. The normalized spacial score (nSPS) is 20.3. The first-order valence-corrected chi connectivity index (χ1v) is 9.95. The van der Waals surface area contributed by atoms with Crippen molar-refractivity contribution in [2.24, 2.45) is 29.6 Å². The van der Waals surface area contributed by atoms with Crippen LogP contribution >= 0.6 is 0 Å². The lowest BCUT2D eigenvalue weighted by Gasteiger charge is -2.33. The molecule has 0 aromatic rings. The largest absolute Gasteiger partial charge is 0.339 e. The topological polar surface area (TPSA) is 44.1 Å². The Morgan fingerprint density at radius 1 is 1.08 bits per heavy atom. The first kappa shape index (κ1) is 21.0. The third kappa shape index (κ3) is 6.46. The minimum atomic E-state index is 0.179. The number of likely N-dealkylation sites (tertiary alicyclic amines) is 1. The highest BCUT2D eigenvalue weighted by Crippen LogP contribution is 2.29. The van der Waals surface area contributed by atoms with Crippen molar-refractivity contribution in [3.05, 3.63) is 0 Å². The number of nitrogens with zero attached hydrogens (tertiary/aromatic N) is 2. The summed E-state index contributed by atoms with van der Waals surface area (Å²) in [7, 11) is 0. The highest BCUT2D eigenvalue weighted by Gasteiger charge is 2.31. The monoisotopic (exact) mass is 334 g/mol. The molecule has 0 bridgehead atoms. The average Bonchev–Trinajstić information content (AvgIpc) is 2.93. The van der Waals surface area contributed by atoms with Gasteiger partial charge in [0.2, 0.25) is 5.91 Å². The van der Waals surface area contributed by atoms with Gasteiger partial charge in [-0.1, -0.05) is 48.0 Å². The van der Waals surface area contributed by atoms with Gasteiger partial charge in [0.25, 0.3) is 0 Å². The molecule has 0 aromatic carbocycles. The van der Waals surface area contributed by atoms with Crippen molar-refractivity contribution in [2.45, 2.75) is 86.1 Å². The Morgan fingerprint density at radius 2 is 1.75 bits per heavy atom. The molecule has 0 radical (unpaired) electrons. The molecule has 138 valence electrons. The summed E-state index contributed by atoms with van der Waals surface area (Å²) >= 11 is 0. The Bertz CT molecular complexity index is 424. The lowest BCUT2D eigenvalue weighted by atomic mass is 9.82. The molecule has 1 amide bonds. The van der Waals surface area contributed by atoms with Gasteiger partial charge in [0.05, 0.1) is 6.07 Å². The molecule has 24 heavy (non-hydrogen) atoms. The van der Waals surface area contributed by atoms with Crippen LogP contribution in [-0.2, 0) is 4.79 Å². The summed E-state index contributed by atoms with van der Waals surface area (Å²) in [4.78, 5) is 14.2. The molecule has 3 nitrogen and oxygen atoms in total. The van der Waals surface area contributed by atoms with Crippen LogP contribution in [0.2, 0.25) is 0 Å². The van der Waals surface area contributed by atoms with Crippen LogP contribution in [0.1, 0.15) is 80.1 Å². The quantitative estimate of drug-likeness (QED) is 0.547. The summed E-state index contributed by atoms with van der Waals surface area (Å²) < 4.78 is 0. The first-order valence-electron chi connectivity index (χ1n) is 9.95. The van der Waals surface area contributed by atoms with Crippen LogP contribution in [0.3, 0.4) is 0 Å². The van der Waals surface area contributed by atoms with E-state index in [2.05, 4.69) is 52.5 Å². The minimum absolute atomic E-state index is 0.179. The van der Waals surface area contributed by atoms with Gasteiger partial charge in [-0.3, -0.25) is 4.79 Å². The highest BCUT2D eigenvalue weighted by molar-refractivity contribution is 5.78. The maximum atomic E-state index is 12.1. The fraction of sp³-hybridized carbons (Fsp3) is 0.905. The second-order valence-electron chi connectivity index (χ2n) is 8.76. The van der Waals surface area contributed by atoms with Crippen molar-refractivity contribution < 1.29 is 4.79 Å². The van der Waals surface area contributed by atoms with Crippen LogP contribution in [-0.4, -0.2) is 23.4 Å². The summed E-state index contributed by atoms with van der Waals surface area (Å²) in [5.74, 6) is 2.69. The predicted molar refractivity (Wildman–Crippen MR) is 100 cm³/mol. The molecule has 0 aliphatic carbocycles. The van der Waals surface area contributed by atoms with Crippen LogP contribution in [0.15, 0.2) is 0 Å². The van der Waals surface area contributed by atoms with Gasteiger partial charge in [0.15, 0.2) is 0 Å². The Morgan fingerprint density at radius 3 is 2.21 bits per heavy atom. The van der Waals surface area contributed by atoms with Gasteiger partial charge in [-0.2, -0.15) is 5.26 Å². The summed E-state index contributed by atoms with van der Waals surface area (Å²) in [6.07, 6.45) is 6.12. The SMILES string of the molecule is CC(C)CC(C#N)C(C)CCC(C)CC(C(C)C)N1CCCC1=O. The molecule has 1 aliphatic heterocycles. The summed E-state index contributed by atoms with van der Waals surface area (Å²) in [5, 5.41) is 9.41. The molecule has 4 unspecified atom stereocenters. The molecule has 4 atom stereocenters. The van der Waals surface area contributed by atoms with Gasteiger partial charge in [0.1, 0.15) is 0 Å². The summed E-state index contributed by atoms with van der Waals surface area (Å²) in [6.45, 7) is 14.3. The molecule has 0 saturated carbocycles. The number of carbonyl (C=O) groups is 1. The molecular weight excluding hydrogens is 296 g/mol. The lowest BCUT2D eigenvalue weighted by Crippen LogP contribution is -2.40. The lowest BCUT2D eigenvalue weighted by molar-refractivity contribution is -0.130. The number of hydrogen-bond donors (Lipinski definition) is 0. The van der Waals surface area contributed by atoms with E-state index in [9.17, 15) is 10.1 Å². The van der Waals surface area contributed by atoms with E-state index < -0.39 is 0 Å². The highest BCUT2D eigenvalue weighted by atomic mass is 16.2. The zero-order chi connectivity index (χ0) is 18.3. The van der Waals surface area contributed by atoms with Crippen LogP contribution in [0, 0.1) is 40.9 Å². The van der Waals surface area contributed by atoms with Gasteiger partial charge in [-0.25, -0.2) is 0 Å². The van der Waals surface area contributed by atoms with E-state index in [1.54, 1.807) is 0 Å². The maximum Gasteiger partial charge on any atom is 0.222 e. The van der Waals surface area contributed by atoms with Gasteiger partial charge in [0, 0.05) is 24.9 Å². The van der Waals surface area contributed by atoms with Gasteiger partial charge < -0.3 is 4.90 Å². The second kappa shape index (κ2) is 10.1. The van der Waals surface area contributed by atoms with Gasteiger partial charge in [-0.15, -0.1) is 0 Å². The zero-order valence-electron chi connectivity index (χ0n) is 16.7. The predicted octanol–water partition coefficient (Wildman–Crippen LogP) is 5.26. The molecule has 1 fully saturated rings. The van der Waals surface area contributed by atoms with E-state index in [0.29, 0.717) is 35.6 Å². The molecule has 0 aromatic heterocycles. The molecule has 0 spiro atoms. The molecule has 1 aliphatic rings. The number of hydrogen-bond acceptors (Lipinski definition) is 2. The number of carbonyl (C=O) groups excluding carboxylic acids is 1. The first-order chi connectivity index (χ1) is 11.3. The van der Waals surface area contributed by atoms with Crippen LogP contribution < -0.4 is 0 Å². The van der Waals surface area contributed by atoms with E-state index in [1.165, 1.54) is 0 Å². The zero-order valence-corrected chi connectivity index (χ0v) is 16.7. The van der Waals surface area contributed by atoms with E-state index in [1.807, 2.05) is 0 Å². The van der Waals surface area contributed by atoms with Crippen molar-refractivity contribution in [1.82, 2.24) is 4.90 Å². The van der Waals surface area contributed by atoms with E-state index >= 15 is 0 Å². The minimum Gasteiger partial charge on any atom is -0.339 e. The number of nitriles is 1. The van der Waals surface area contributed by atoms with Crippen molar-refractivity contribution in [1.29, 1.82) is 5.26 Å². The van der Waals surface area contributed by atoms with Crippen LogP contribution in [0.4, 0.5) is 0 Å². The molecule has 1 heterocycles. The van der Waals surface area contributed by atoms with Crippen molar-refractivity contribution >= 4 is 5.91 Å². The van der Waals surface area contributed by atoms with Crippen LogP contribution in [0.25, 0.3) is 0 Å². The molecule has 1 rings (SSSR count). The molecule has 0 N–H and O–H groups in total. The third-order valence-electron chi connectivity index (χ3n) is 5.62. The fourth-order valence-corrected chi connectivity index (χ4v) is 3.98. The Labute approximate surface area is 149 Å². The van der Waals surface area contributed by atoms with Crippen LogP contribution in [0.5, 0.6) is 0 Å². The van der Waals surface area contributed by atoms with E-state index in [4.69, 9.17) is 0 Å². The smallest absolute Gasteiger partial charge is 0.222 e. The van der Waals surface area contributed by atoms with E-state index in [-0.39, 0.29) is 5.92 Å². The third-order valence-corrected chi connectivity index (χ3v) is 5.62. The summed E-state index contributed by atoms with van der Waals surface area (Å²) in [5.41, 5.74) is 0. The van der Waals surface area contributed by atoms with E-state index in [0.717, 1.165) is 45.1 Å². The molecule has 1 saturated heterocycles. The maximum absolute atomic E-state index is 12.1. The standard InChI is InChI=1S/C21H38N2O/c1-15(2)12-19(14-22)18(6)10-9-17(5)13-20(16(3)4)23-11-7-8-21(23)24/h15-20H,7-13H2,1-6H3. The van der Waals surface area contributed by atoms with Crippen molar-refractivity contribution in [3.63, 3.8) is 0 Å².